The molecule has 0 aliphatic rings. The molecule has 0 saturated carbocycles. The van der Waals surface area contributed by atoms with Crippen molar-refractivity contribution in [3.05, 3.63) is 40.1 Å². The summed E-state index contributed by atoms with van der Waals surface area (Å²) in [6.07, 6.45) is 0. The van der Waals surface area contributed by atoms with E-state index in [0.29, 0.717) is 22.3 Å². The minimum absolute atomic E-state index is 0.297. The van der Waals surface area contributed by atoms with Gasteiger partial charge in [0.15, 0.2) is 17.2 Å². The highest BCUT2D eigenvalue weighted by Gasteiger charge is 2.13. The van der Waals surface area contributed by atoms with Crippen molar-refractivity contribution in [3.8, 4) is 17.2 Å². The van der Waals surface area contributed by atoms with Crippen molar-refractivity contribution in [2.24, 2.45) is 0 Å². The normalized spacial score (nSPS) is 10.4. The van der Waals surface area contributed by atoms with Crippen LogP contribution in [-0.4, -0.2) is 19.3 Å². The third-order valence-corrected chi connectivity index (χ3v) is 2.79. The van der Waals surface area contributed by atoms with Crippen LogP contribution in [0, 0.1) is 6.92 Å². The Balaban J connectivity index is 3.06. The standard InChI is InChI=1S/C14H14O4/c1-8-6-9-4-5-11(17-2)14(18-3)12(9)13(16)10(15)7-8/h4-7H,1-3H3,(H,15,16). The Hall–Kier alpha value is -2.23. The molecule has 0 aliphatic heterocycles. The quantitative estimate of drug-likeness (QED) is 0.882. The third-order valence-electron chi connectivity index (χ3n) is 2.79. The number of rotatable bonds is 2. The average Bonchev–Trinajstić information content (AvgIpc) is 2.46. The monoisotopic (exact) mass is 246 g/mol. The summed E-state index contributed by atoms with van der Waals surface area (Å²) in [7, 11) is 2.97. The van der Waals surface area contributed by atoms with Gasteiger partial charge in [0.2, 0.25) is 5.43 Å². The van der Waals surface area contributed by atoms with Gasteiger partial charge in [0.1, 0.15) is 0 Å². The van der Waals surface area contributed by atoms with Crippen LogP contribution in [0.4, 0.5) is 0 Å². The lowest BCUT2D eigenvalue weighted by Crippen LogP contribution is -2.01. The topological polar surface area (TPSA) is 55.8 Å². The van der Waals surface area contributed by atoms with E-state index < -0.39 is 5.43 Å². The van der Waals surface area contributed by atoms with Crippen molar-refractivity contribution >= 4 is 10.8 Å². The molecule has 18 heavy (non-hydrogen) atoms. The first-order valence-corrected chi connectivity index (χ1v) is 5.47. The Morgan fingerprint density at radius 2 is 1.83 bits per heavy atom. The number of fused-ring (bicyclic) bond motifs is 1. The van der Waals surface area contributed by atoms with E-state index in [9.17, 15) is 9.90 Å². The van der Waals surface area contributed by atoms with Crippen molar-refractivity contribution in [1.29, 1.82) is 0 Å². The largest absolute Gasteiger partial charge is 0.504 e. The van der Waals surface area contributed by atoms with Crippen LogP contribution in [-0.2, 0) is 0 Å². The fourth-order valence-electron chi connectivity index (χ4n) is 1.99. The second-order valence-electron chi connectivity index (χ2n) is 4.01. The van der Waals surface area contributed by atoms with Crippen molar-refractivity contribution in [3.63, 3.8) is 0 Å². The van der Waals surface area contributed by atoms with Crippen LogP contribution in [0.15, 0.2) is 29.1 Å². The number of hydrogen-bond donors (Lipinski definition) is 1. The fraction of sp³-hybridized carbons (Fsp3) is 0.214. The molecular formula is C14H14O4. The zero-order valence-corrected chi connectivity index (χ0v) is 10.5. The predicted molar refractivity (Wildman–Crippen MR) is 69.7 cm³/mol. The predicted octanol–water partition coefficient (Wildman–Crippen LogP) is 2.23. The Morgan fingerprint density at radius 3 is 2.44 bits per heavy atom. The molecule has 0 aromatic heterocycles. The van der Waals surface area contributed by atoms with Crippen LogP contribution in [0.5, 0.6) is 17.2 Å². The molecule has 0 bridgehead atoms. The zero-order chi connectivity index (χ0) is 13.3. The summed E-state index contributed by atoms with van der Waals surface area (Å²) in [4.78, 5) is 12.1. The fourth-order valence-corrected chi connectivity index (χ4v) is 1.99. The van der Waals surface area contributed by atoms with Crippen LogP contribution >= 0.6 is 0 Å². The summed E-state index contributed by atoms with van der Waals surface area (Å²) < 4.78 is 10.4. The Kier molecular flexibility index (Phi) is 3.10. The molecular weight excluding hydrogens is 232 g/mol. The smallest absolute Gasteiger partial charge is 0.231 e. The molecule has 4 heteroatoms. The van der Waals surface area contributed by atoms with Gasteiger partial charge in [0.25, 0.3) is 0 Å². The van der Waals surface area contributed by atoms with E-state index in [1.165, 1.54) is 20.3 Å². The van der Waals surface area contributed by atoms with Gasteiger partial charge in [0, 0.05) is 0 Å². The Morgan fingerprint density at radius 1 is 1.11 bits per heavy atom. The summed E-state index contributed by atoms with van der Waals surface area (Å²) in [6, 6.07) is 6.76. The second kappa shape index (κ2) is 4.56. The third kappa shape index (κ3) is 1.86. The van der Waals surface area contributed by atoms with Crippen LogP contribution in [0.2, 0.25) is 0 Å². The number of aryl methyl sites for hydroxylation is 1. The molecule has 0 heterocycles. The number of benzene rings is 1. The summed E-state index contributed by atoms with van der Waals surface area (Å²) in [5.74, 6) is 0.505. The highest BCUT2D eigenvalue weighted by Crippen LogP contribution is 2.33. The summed E-state index contributed by atoms with van der Waals surface area (Å²) in [5.41, 5.74) is 0.334. The molecule has 0 spiro atoms. The molecule has 0 unspecified atom stereocenters. The van der Waals surface area contributed by atoms with Gasteiger partial charge in [-0.1, -0.05) is 12.1 Å². The molecule has 2 rings (SSSR count). The first-order chi connectivity index (χ1) is 8.58. The maximum Gasteiger partial charge on any atom is 0.231 e. The van der Waals surface area contributed by atoms with Crippen molar-refractivity contribution in [1.82, 2.24) is 0 Å². The maximum atomic E-state index is 12.1. The van der Waals surface area contributed by atoms with Gasteiger partial charge < -0.3 is 14.6 Å². The summed E-state index contributed by atoms with van der Waals surface area (Å²) in [6.45, 7) is 1.81. The van der Waals surface area contributed by atoms with Crippen LogP contribution in [0.25, 0.3) is 10.8 Å². The number of aromatic hydroxyl groups is 1. The van der Waals surface area contributed by atoms with E-state index in [2.05, 4.69) is 0 Å². The van der Waals surface area contributed by atoms with E-state index >= 15 is 0 Å². The molecule has 2 aromatic rings. The Bertz CT molecular complexity index is 662. The maximum absolute atomic E-state index is 12.1. The molecule has 0 fully saturated rings. The van der Waals surface area contributed by atoms with Gasteiger partial charge in [-0.05, 0) is 30.0 Å². The summed E-state index contributed by atoms with van der Waals surface area (Å²) >= 11 is 0. The second-order valence-corrected chi connectivity index (χ2v) is 4.01. The van der Waals surface area contributed by atoms with Gasteiger partial charge in [-0.25, -0.2) is 0 Å². The van der Waals surface area contributed by atoms with Crippen LogP contribution in [0.3, 0.4) is 0 Å². The lowest BCUT2D eigenvalue weighted by atomic mass is 10.1. The molecule has 0 radical (unpaired) electrons. The Labute approximate surface area is 104 Å². The highest BCUT2D eigenvalue weighted by molar-refractivity contribution is 5.91. The van der Waals surface area contributed by atoms with E-state index in [1.54, 1.807) is 12.1 Å². The van der Waals surface area contributed by atoms with Crippen molar-refractivity contribution < 1.29 is 14.6 Å². The minimum Gasteiger partial charge on any atom is -0.504 e. The molecule has 0 aliphatic carbocycles. The first kappa shape index (κ1) is 12.2. The molecule has 0 atom stereocenters. The van der Waals surface area contributed by atoms with Gasteiger partial charge >= 0.3 is 0 Å². The van der Waals surface area contributed by atoms with E-state index in [-0.39, 0.29) is 5.75 Å². The van der Waals surface area contributed by atoms with Gasteiger partial charge in [-0.15, -0.1) is 0 Å². The van der Waals surface area contributed by atoms with Crippen LogP contribution in [0.1, 0.15) is 5.56 Å². The van der Waals surface area contributed by atoms with Gasteiger partial charge in [-0.3, -0.25) is 4.79 Å². The molecule has 0 amide bonds. The highest BCUT2D eigenvalue weighted by atomic mass is 16.5. The summed E-state index contributed by atoms with van der Waals surface area (Å²) in [5, 5.41) is 10.8. The van der Waals surface area contributed by atoms with Crippen LogP contribution < -0.4 is 14.9 Å². The molecule has 1 N–H and O–H groups in total. The lowest BCUT2D eigenvalue weighted by molar-refractivity contribution is 0.358. The van der Waals surface area contributed by atoms with E-state index in [0.717, 1.165) is 5.56 Å². The van der Waals surface area contributed by atoms with Crippen molar-refractivity contribution in [2.45, 2.75) is 6.92 Å². The molecule has 0 saturated heterocycles. The van der Waals surface area contributed by atoms with E-state index in [1.807, 2.05) is 13.0 Å². The molecule has 2 aromatic carbocycles. The van der Waals surface area contributed by atoms with Gasteiger partial charge in [0.05, 0.1) is 19.6 Å². The minimum atomic E-state index is -0.464. The molecule has 4 nitrogen and oxygen atoms in total. The molecule has 94 valence electrons. The number of methoxy groups -OCH3 is 2. The van der Waals surface area contributed by atoms with Gasteiger partial charge in [-0.2, -0.15) is 0 Å². The average molecular weight is 246 g/mol. The lowest BCUT2D eigenvalue weighted by Gasteiger charge is -2.08. The number of ether oxygens (including phenoxy) is 2. The first-order valence-electron chi connectivity index (χ1n) is 5.47. The SMILES string of the molecule is COc1ccc2cc(C)cc(O)c(=O)c2c1OC. The van der Waals surface area contributed by atoms with Crippen molar-refractivity contribution in [2.75, 3.05) is 14.2 Å². The number of hydrogen-bond acceptors (Lipinski definition) is 4. The zero-order valence-electron chi connectivity index (χ0n) is 10.5. The van der Waals surface area contributed by atoms with E-state index in [4.69, 9.17) is 9.47 Å².